The van der Waals surface area contributed by atoms with Crippen LogP contribution in [0.25, 0.3) is 0 Å². The van der Waals surface area contributed by atoms with Crippen LogP contribution in [-0.4, -0.2) is 36.1 Å². The van der Waals surface area contributed by atoms with Gasteiger partial charge in [-0.1, -0.05) is 13.0 Å². The zero-order valence-electron chi connectivity index (χ0n) is 10.7. The van der Waals surface area contributed by atoms with Crippen LogP contribution in [0.2, 0.25) is 0 Å². The molecule has 0 saturated heterocycles. The quantitative estimate of drug-likeness (QED) is 0.808. The molecule has 0 aliphatic carbocycles. The van der Waals surface area contributed by atoms with Crippen LogP contribution in [0.3, 0.4) is 0 Å². The lowest BCUT2D eigenvalue weighted by Gasteiger charge is -2.16. The molecule has 0 aromatic heterocycles. The fraction of sp³-hybridized carbons (Fsp3) is 0.462. The lowest BCUT2D eigenvalue weighted by atomic mass is 10.2. The standard InChI is InChI=1S/C13H19FN2O2/c1-3-6-15-13(18)9-16(2)8-10-4-5-12(17)11(14)7-10/h4-5,7,17H,3,6,8-9H2,1-2H3,(H,15,18). The van der Waals surface area contributed by atoms with E-state index in [-0.39, 0.29) is 18.2 Å². The second-order valence-electron chi connectivity index (χ2n) is 4.31. The Kier molecular flexibility index (Phi) is 5.58. The summed E-state index contributed by atoms with van der Waals surface area (Å²) in [6.07, 6.45) is 0.901. The third kappa shape index (κ3) is 4.71. The molecular weight excluding hydrogens is 235 g/mol. The minimum atomic E-state index is -0.642. The maximum Gasteiger partial charge on any atom is 0.234 e. The van der Waals surface area contributed by atoms with Crippen LogP contribution >= 0.6 is 0 Å². The summed E-state index contributed by atoms with van der Waals surface area (Å²) in [5, 5.41) is 11.8. The number of aromatic hydroxyl groups is 1. The van der Waals surface area contributed by atoms with Crippen LogP contribution in [0.4, 0.5) is 4.39 Å². The molecule has 0 atom stereocenters. The SMILES string of the molecule is CCCNC(=O)CN(C)Cc1ccc(O)c(F)c1. The minimum absolute atomic E-state index is 0.0430. The van der Waals surface area contributed by atoms with Gasteiger partial charge in [0.25, 0.3) is 0 Å². The number of phenols is 1. The lowest BCUT2D eigenvalue weighted by molar-refractivity contribution is -0.122. The third-order valence-electron chi connectivity index (χ3n) is 2.45. The largest absolute Gasteiger partial charge is 0.505 e. The Morgan fingerprint density at radius 3 is 2.83 bits per heavy atom. The number of carbonyl (C=O) groups excluding carboxylic acids is 1. The van der Waals surface area contributed by atoms with E-state index in [2.05, 4.69) is 5.32 Å². The smallest absolute Gasteiger partial charge is 0.234 e. The van der Waals surface area contributed by atoms with Gasteiger partial charge in [0.05, 0.1) is 6.54 Å². The molecule has 5 heteroatoms. The van der Waals surface area contributed by atoms with Gasteiger partial charge in [-0.2, -0.15) is 0 Å². The van der Waals surface area contributed by atoms with E-state index in [0.29, 0.717) is 13.1 Å². The van der Waals surface area contributed by atoms with Gasteiger partial charge in [0, 0.05) is 13.1 Å². The molecule has 0 fully saturated rings. The summed E-state index contributed by atoms with van der Waals surface area (Å²) in [5.74, 6) is -1.04. The van der Waals surface area contributed by atoms with Gasteiger partial charge in [-0.05, 0) is 31.2 Å². The van der Waals surface area contributed by atoms with E-state index in [1.54, 1.807) is 18.0 Å². The summed E-state index contributed by atoms with van der Waals surface area (Å²) in [6.45, 7) is 3.38. The number of rotatable bonds is 6. The van der Waals surface area contributed by atoms with Crippen LogP contribution in [0.15, 0.2) is 18.2 Å². The molecule has 0 saturated carbocycles. The first-order valence-corrected chi connectivity index (χ1v) is 5.95. The molecule has 0 radical (unpaired) electrons. The van der Waals surface area contributed by atoms with Crippen LogP contribution in [0.5, 0.6) is 5.75 Å². The lowest BCUT2D eigenvalue weighted by Crippen LogP contribution is -2.35. The first kappa shape index (κ1) is 14.4. The van der Waals surface area contributed by atoms with Crippen molar-refractivity contribution < 1.29 is 14.3 Å². The highest BCUT2D eigenvalue weighted by atomic mass is 19.1. The summed E-state index contributed by atoms with van der Waals surface area (Å²) in [4.78, 5) is 13.2. The second-order valence-corrected chi connectivity index (χ2v) is 4.31. The molecule has 4 nitrogen and oxygen atoms in total. The summed E-state index contributed by atoms with van der Waals surface area (Å²) < 4.78 is 13.1. The Labute approximate surface area is 106 Å². The van der Waals surface area contributed by atoms with Crippen molar-refractivity contribution in [1.82, 2.24) is 10.2 Å². The Morgan fingerprint density at radius 2 is 2.22 bits per heavy atom. The highest BCUT2D eigenvalue weighted by Crippen LogP contribution is 2.16. The third-order valence-corrected chi connectivity index (χ3v) is 2.45. The second kappa shape index (κ2) is 6.96. The molecule has 1 rings (SSSR count). The number of carbonyl (C=O) groups is 1. The topological polar surface area (TPSA) is 52.6 Å². The molecule has 100 valence electrons. The number of hydrogen-bond donors (Lipinski definition) is 2. The molecule has 1 aromatic rings. The molecule has 0 aliphatic heterocycles. The van der Waals surface area contributed by atoms with E-state index in [0.717, 1.165) is 12.0 Å². The van der Waals surface area contributed by atoms with E-state index in [1.807, 2.05) is 6.92 Å². The predicted molar refractivity (Wildman–Crippen MR) is 67.7 cm³/mol. The van der Waals surface area contributed by atoms with Gasteiger partial charge in [0.15, 0.2) is 11.6 Å². The van der Waals surface area contributed by atoms with E-state index >= 15 is 0 Å². The first-order valence-electron chi connectivity index (χ1n) is 5.95. The number of amides is 1. The average molecular weight is 254 g/mol. The Bertz CT molecular complexity index is 410. The molecule has 1 amide bonds. The number of phenolic OH excluding ortho intramolecular Hbond substituents is 1. The van der Waals surface area contributed by atoms with Gasteiger partial charge < -0.3 is 10.4 Å². The van der Waals surface area contributed by atoms with Crippen molar-refractivity contribution in [2.75, 3.05) is 20.1 Å². The van der Waals surface area contributed by atoms with Gasteiger partial charge in [0.1, 0.15) is 0 Å². The molecule has 2 N–H and O–H groups in total. The average Bonchev–Trinajstić information content (AvgIpc) is 2.31. The number of nitrogens with one attached hydrogen (secondary N) is 1. The van der Waals surface area contributed by atoms with Gasteiger partial charge >= 0.3 is 0 Å². The summed E-state index contributed by atoms with van der Waals surface area (Å²) in [7, 11) is 1.79. The highest BCUT2D eigenvalue weighted by molar-refractivity contribution is 5.77. The number of benzene rings is 1. The Hall–Kier alpha value is -1.62. The van der Waals surface area contributed by atoms with Crippen molar-refractivity contribution in [1.29, 1.82) is 0 Å². The first-order chi connectivity index (χ1) is 8.52. The normalized spacial score (nSPS) is 10.7. The number of nitrogens with zero attached hydrogens (tertiary/aromatic N) is 1. The summed E-state index contributed by atoms with van der Waals surface area (Å²) in [6, 6.07) is 4.23. The number of hydrogen-bond acceptors (Lipinski definition) is 3. The Balaban J connectivity index is 2.46. The van der Waals surface area contributed by atoms with Crippen molar-refractivity contribution in [3.8, 4) is 5.75 Å². The van der Waals surface area contributed by atoms with Gasteiger partial charge in [-0.15, -0.1) is 0 Å². The summed E-state index contributed by atoms with van der Waals surface area (Å²) >= 11 is 0. The van der Waals surface area contributed by atoms with E-state index < -0.39 is 5.82 Å². The fourth-order valence-corrected chi connectivity index (χ4v) is 1.58. The van der Waals surface area contributed by atoms with Crippen molar-refractivity contribution in [3.05, 3.63) is 29.6 Å². The van der Waals surface area contributed by atoms with Crippen molar-refractivity contribution in [3.63, 3.8) is 0 Å². The summed E-state index contributed by atoms with van der Waals surface area (Å²) in [5.41, 5.74) is 0.719. The van der Waals surface area contributed by atoms with E-state index in [9.17, 15) is 9.18 Å². The molecule has 0 unspecified atom stereocenters. The van der Waals surface area contributed by atoms with E-state index in [4.69, 9.17) is 5.11 Å². The zero-order valence-corrected chi connectivity index (χ0v) is 10.7. The van der Waals surface area contributed by atoms with Crippen molar-refractivity contribution >= 4 is 5.91 Å². The van der Waals surface area contributed by atoms with Crippen LogP contribution in [-0.2, 0) is 11.3 Å². The molecule has 0 bridgehead atoms. The highest BCUT2D eigenvalue weighted by Gasteiger charge is 2.08. The monoisotopic (exact) mass is 254 g/mol. The fourth-order valence-electron chi connectivity index (χ4n) is 1.58. The van der Waals surface area contributed by atoms with Crippen LogP contribution < -0.4 is 5.32 Å². The molecule has 0 heterocycles. The molecule has 1 aromatic carbocycles. The number of halogens is 1. The van der Waals surface area contributed by atoms with Crippen LogP contribution in [0, 0.1) is 5.82 Å². The van der Waals surface area contributed by atoms with Crippen LogP contribution in [0.1, 0.15) is 18.9 Å². The van der Waals surface area contributed by atoms with Crippen molar-refractivity contribution in [2.24, 2.45) is 0 Å². The molecule has 0 spiro atoms. The minimum Gasteiger partial charge on any atom is -0.505 e. The van der Waals surface area contributed by atoms with Gasteiger partial charge in [0.2, 0.25) is 5.91 Å². The van der Waals surface area contributed by atoms with Gasteiger partial charge in [-0.3, -0.25) is 9.69 Å². The molecule has 0 aliphatic rings. The Morgan fingerprint density at radius 1 is 1.50 bits per heavy atom. The maximum absolute atomic E-state index is 13.1. The predicted octanol–water partition coefficient (Wildman–Crippen LogP) is 1.49. The zero-order chi connectivity index (χ0) is 13.5. The maximum atomic E-state index is 13.1. The van der Waals surface area contributed by atoms with Gasteiger partial charge in [-0.25, -0.2) is 4.39 Å². The molecular formula is C13H19FN2O2. The van der Waals surface area contributed by atoms with Crippen molar-refractivity contribution in [2.45, 2.75) is 19.9 Å². The molecule has 18 heavy (non-hydrogen) atoms. The van der Waals surface area contributed by atoms with E-state index in [1.165, 1.54) is 12.1 Å². The number of likely N-dealkylation sites (N-methyl/N-ethyl adjacent to an activating group) is 1.